The highest BCUT2D eigenvalue weighted by Gasteiger charge is 2.47. The molecule has 118 valence electrons. The van der Waals surface area contributed by atoms with Crippen molar-refractivity contribution in [3.8, 4) is 0 Å². The van der Waals surface area contributed by atoms with Crippen LogP contribution in [0.4, 0.5) is 0 Å². The molecule has 1 aromatic carbocycles. The standard InChI is InChI=1S/C19H26N2O/c1-13(2)10-14-4-5-15-16(11-14)22-18(21-15)12-17-19(6-3-7-19)8-9-20-17/h4-5,11,13,17,20H,3,6-10,12H2,1-2H3. The van der Waals surface area contributed by atoms with Gasteiger partial charge in [0.2, 0.25) is 0 Å². The quantitative estimate of drug-likeness (QED) is 0.923. The first kappa shape index (κ1) is 14.3. The lowest BCUT2D eigenvalue weighted by Gasteiger charge is -2.42. The molecule has 2 heterocycles. The van der Waals surface area contributed by atoms with Crippen molar-refractivity contribution in [3.05, 3.63) is 29.7 Å². The van der Waals surface area contributed by atoms with Crippen LogP contribution < -0.4 is 5.32 Å². The fraction of sp³-hybridized carbons (Fsp3) is 0.632. The van der Waals surface area contributed by atoms with Gasteiger partial charge in [0.1, 0.15) is 5.52 Å². The minimum Gasteiger partial charge on any atom is -0.441 e. The number of nitrogens with one attached hydrogen (secondary N) is 1. The van der Waals surface area contributed by atoms with Crippen molar-refractivity contribution in [1.29, 1.82) is 0 Å². The summed E-state index contributed by atoms with van der Waals surface area (Å²) in [6.07, 6.45) is 7.51. The summed E-state index contributed by atoms with van der Waals surface area (Å²) in [5, 5.41) is 3.68. The van der Waals surface area contributed by atoms with Crippen LogP contribution in [0.2, 0.25) is 0 Å². The first-order valence-corrected chi connectivity index (χ1v) is 8.76. The van der Waals surface area contributed by atoms with Gasteiger partial charge in [0.25, 0.3) is 0 Å². The summed E-state index contributed by atoms with van der Waals surface area (Å²) in [5.74, 6) is 1.57. The lowest BCUT2D eigenvalue weighted by molar-refractivity contribution is 0.109. The van der Waals surface area contributed by atoms with Crippen LogP contribution in [-0.2, 0) is 12.8 Å². The molecule has 1 spiro atoms. The van der Waals surface area contributed by atoms with Crippen molar-refractivity contribution in [2.45, 2.75) is 58.4 Å². The van der Waals surface area contributed by atoms with E-state index in [-0.39, 0.29) is 0 Å². The molecule has 1 aliphatic carbocycles. The zero-order valence-electron chi connectivity index (χ0n) is 13.7. The maximum Gasteiger partial charge on any atom is 0.197 e. The Labute approximate surface area is 132 Å². The molecule has 22 heavy (non-hydrogen) atoms. The predicted octanol–water partition coefficient (Wildman–Crippen LogP) is 4.10. The van der Waals surface area contributed by atoms with Crippen LogP contribution in [0.15, 0.2) is 22.6 Å². The normalized spacial score (nSPS) is 23.5. The van der Waals surface area contributed by atoms with E-state index in [0.717, 1.165) is 36.4 Å². The van der Waals surface area contributed by atoms with Gasteiger partial charge >= 0.3 is 0 Å². The van der Waals surface area contributed by atoms with Gasteiger partial charge in [-0.15, -0.1) is 0 Å². The average molecular weight is 298 g/mol. The molecule has 1 aromatic heterocycles. The smallest absolute Gasteiger partial charge is 0.197 e. The Kier molecular flexibility index (Phi) is 3.48. The van der Waals surface area contributed by atoms with E-state index in [2.05, 4.69) is 37.4 Å². The van der Waals surface area contributed by atoms with Crippen molar-refractivity contribution in [1.82, 2.24) is 10.3 Å². The second-order valence-electron chi connectivity index (χ2n) is 7.68. The van der Waals surface area contributed by atoms with Crippen LogP contribution in [0.3, 0.4) is 0 Å². The van der Waals surface area contributed by atoms with Crippen LogP contribution in [-0.4, -0.2) is 17.6 Å². The van der Waals surface area contributed by atoms with Gasteiger partial charge < -0.3 is 9.73 Å². The highest BCUT2D eigenvalue weighted by Crippen LogP contribution is 2.50. The van der Waals surface area contributed by atoms with E-state index in [9.17, 15) is 0 Å². The largest absolute Gasteiger partial charge is 0.441 e. The van der Waals surface area contributed by atoms with Crippen LogP contribution in [0.1, 0.15) is 51.0 Å². The minimum atomic E-state index is 0.545. The van der Waals surface area contributed by atoms with E-state index < -0.39 is 0 Å². The highest BCUT2D eigenvalue weighted by molar-refractivity contribution is 5.73. The summed E-state index contributed by atoms with van der Waals surface area (Å²) in [4.78, 5) is 4.71. The second kappa shape index (κ2) is 5.38. The van der Waals surface area contributed by atoms with E-state index in [1.165, 1.54) is 31.2 Å². The number of hydrogen-bond acceptors (Lipinski definition) is 3. The Balaban J connectivity index is 1.55. The number of hydrogen-bond donors (Lipinski definition) is 1. The molecule has 0 radical (unpaired) electrons. The fourth-order valence-electron chi connectivity index (χ4n) is 4.28. The van der Waals surface area contributed by atoms with E-state index >= 15 is 0 Å². The maximum atomic E-state index is 6.06. The highest BCUT2D eigenvalue weighted by atomic mass is 16.3. The molecule has 2 aliphatic rings. The van der Waals surface area contributed by atoms with Gasteiger partial charge in [-0.25, -0.2) is 4.98 Å². The summed E-state index contributed by atoms with van der Waals surface area (Å²) >= 11 is 0. The molecular formula is C19H26N2O. The third-order valence-electron chi connectivity index (χ3n) is 5.62. The summed E-state index contributed by atoms with van der Waals surface area (Å²) < 4.78 is 6.06. The van der Waals surface area contributed by atoms with Crippen molar-refractivity contribution in [3.63, 3.8) is 0 Å². The van der Waals surface area contributed by atoms with Crippen molar-refractivity contribution in [2.24, 2.45) is 11.3 Å². The van der Waals surface area contributed by atoms with Crippen LogP contribution in [0.5, 0.6) is 0 Å². The fourth-order valence-corrected chi connectivity index (χ4v) is 4.28. The monoisotopic (exact) mass is 298 g/mol. The molecule has 1 aliphatic heterocycles. The lowest BCUT2D eigenvalue weighted by atomic mass is 9.63. The summed E-state index contributed by atoms with van der Waals surface area (Å²) in [6.45, 7) is 5.66. The Bertz CT molecular complexity index is 669. The summed E-state index contributed by atoms with van der Waals surface area (Å²) in [7, 11) is 0. The molecule has 1 unspecified atom stereocenters. The Hall–Kier alpha value is -1.35. The molecule has 2 aromatic rings. The molecule has 1 atom stereocenters. The number of benzene rings is 1. The first-order chi connectivity index (χ1) is 10.6. The molecule has 4 rings (SSSR count). The number of rotatable bonds is 4. The Morgan fingerprint density at radius 1 is 1.32 bits per heavy atom. The average Bonchev–Trinajstić information content (AvgIpc) is 3.00. The van der Waals surface area contributed by atoms with Crippen LogP contribution in [0.25, 0.3) is 11.1 Å². The molecule has 0 amide bonds. The zero-order valence-corrected chi connectivity index (χ0v) is 13.7. The third-order valence-corrected chi connectivity index (χ3v) is 5.62. The molecular weight excluding hydrogens is 272 g/mol. The van der Waals surface area contributed by atoms with E-state index in [1.54, 1.807) is 0 Å². The van der Waals surface area contributed by atoms with Crippen molar-refractivity contribution in [2.75, 3.05) is 6.54 Å². The van der Waals surface area contributed by atoms with Crippen LogP contribution >= 0.6 is 0 Å². The molecule has 0 bridgehead atoms. The zero-order chi connectivity index (χ0) is 15.2. The van der Waals surface area contributed by atoms with E-state index in [1.807, 2.05) is 0 Å². The van der Waals surface area contributed by atoms with E-state index in [0.29, 0.717) is 17.4 Å². The molecule has 1 saturated carbocycles. The van der Waals surface area contributed by atoms with Gasteiger partial charge in [-0.05, 0) is 61.3 Å². The lowest BCUT2D eigenvalue weighted by Crippen LogP contribution is -2.43. The number of fused-ring (bicyclic) bond motifs is 1. The topological polar surface area (TPSA) is 38.1 Å². The molecule has 3 nitrogen and oxygen atoms in total. The number of aromatic nitrogens is 1. The molecule has 1 N–H and O–H groups in total. The number of nitrogens with zero attached hydrogens (tertiary/aromatic N) is 1. The maximum absolute atomic E-state index is 6.06. The molecule has 2 fully saturated rings. The third kappa shape index (κ3) is 2.45. The molecule has 3 heteroatoms. The summed E-state index contributed by atoms with van der Waals surface area (Å²) in [6, 6.07) is 7.04. The molecule has 1 saturated heterocycles. The Morgan fingerprint density at radius 2 is 2.18 bits per heavy atom. The summed E-state index contributed by atoms with van der Waals surface area (Å²) in [5.41, 5.74) is 3.85. The van der Waals surface area contributed by atoms with E-state index in [4.69, 9.17) is 9.40 Å². The van der Waals surface area contributed by atoms with Gasteiger partial charge in [0.05, 0.1) is 0 Å². The first-order valence-electron chi connectivity index (χ1n) is 8.76. The second-order valence-corrected chi connectivity index (χ2v) is 7.68. The van der Waals surface area contributed by atoms with Gasteiger partial charge in [-0.1, -0.05) is 26.3 Å². The minimum absolute atomic E-state index is 0.545. The van der Waals surface area contributed by atoms with Gasteiger partial charge in [0.15, 0.2) is 11.5 Å². The van der Waals surface area contributed by atoms with Crippen molar-refractivity contribution >= 4 is 11.1 Å². The van der Waals surface area contributed by atoms with Gasteiger partial charge in [0, 0.05) is 12.5 Å². The number of oxazole rings is 1. The predicted molar refractivity (Wildman–Crippen MR) is 88.9 cm³/mol. The van der Waals surface area contributed by atoms with Gasteiger partial charge in [-0.2, -0.15) is 0 Å². The Morgan fingerprint density at radius 3 is 2.91 bits per heavy atom. The van der Waals surface area contributed by atoms with Crippen LogP contribution in [0, 0.1) is 11.3 Å². The van der Waals surface area contributed by atoms with Gasteiger partial charge in [-0.3, -0.25) is 0 Å². The SMILES string of the molecule is CC(C)Cc1ccc2nc(CC3NCCC34CCC4)oc2c1. The van der Waals surface area contributed by atoms with Crippen molar-refractivity contribution < 1.29 is 4.42 Å².